The summed E-state index contributed by atoms with van der Waals surface area (Å²) in [6.07, 6.45) is -0.761. The number of hydrogen-bond donors (Lipinski definition) is 1. The monoisotopic (exact) mass is 462 g/mol. The van der Waals surface area contributed by atoms with Crippen LogP contribution in [0, 0.1) is 0 Å². The molecule has 0 aromatic heterocycles. The van der Waals surface area contributed by atoms with Gasteiger partial charge in [0.2, 0.25) is 5.91 Å². The van der Waals surface area contributed by atoms with E-state index in [2.05, 4.69) is 5.32 Å². The van der Waals surface area contributed by atoms with Crippen LogP contribution in [0.15, 0.2) is 24.3 Å². The van der Waals surface area contributed by atoms with E-state index in [-0.39, 0.29) is 12.3 Å². The first-order valence-electron chi connectivity index (χ1n) is 11.3. The molecule has 1 N–H and O–H groups in total. The molecular formula is C25H38N2O6. The number of hydrogen-bond acceptors (Lipinski definition) is 6. The summed E-state index contributed by atoms with van der Waals surface area (Å²) in [6.45, 7) is 13.0. The minimum absolute atomic E-state index is 0.0598. The molecule has 8 nitrogen and oxygen atoms in total. The highest BCUT2D eigenvalue weighted by Gasteiger charge is 2.39. The Kier molecular flexibility index (Phi) is 8.52. The maximum Gasteiger partial charge on any atom is 0.408 e. The number of esters is 1. The van der Waals surface area contributed by atoms with Crippen molar-refractivity contribution in [2.75, 3.05) is 7.11 Å². The maximum atomic E-state index is 13.8. The molecule has 1 aromatic rings. The van der Waals surface area contributed by atoms with Crippen molar-refractivity contribution >= 4 is 18.0 Å². The summed E-state index contributed by atoms with van der Waals surface area (Å²) in [5.74, 6) is -0.728. The van der Waals surface area contributed by atoms with Gasteiger partial charge in [-0.2, -0.15) is 0 Å². The van der Waals surface area contributed by atoms with Gasteiger partial charge in [-0.25, -0.2) is 4.79 Å². The van der Waals surface area contributed by atoms with Crippen LogP contribution in [-0.4, -0.2) is 59.4 Å². The summed E-state index contributed by atoms with van der Waals surface area (Å²) in [4.78, 5) is 40.2. The summed E-state index contributed by atoms with van der Waals surface area (Å²) in [5, 5.41) is 2.71. The van der Waals surface area contributed by atoms with E-state index in [0.29, 0.717) is 13.0 Å². The largest absolute Gasteiger partial charge is 0.469 e. The van der Waals surface area contributed by atoms with E-state index >= 15 is 0 Å². The topological polar surface area (TPSA) is 94.2 Å². The van der Waals surface area contributed by atoms with E-state index < -0.39 is 41.5 Å². The number of amides is 2. The number of alkyl carbamates (subject to hydrolysis) is 1. The van der Waals surface area contributed by atoms with Gasteiger partial charge in [0, 0.05) is 12.6 Å². The Morgan fingerprint density at radius 1 is 1.06 bits per heavy atom. The van der Waals surface area contributed by atoms with Gasteiger partial charge in [0.25, 0.3) is 0 Å². The predicted octanol–water partition coefficient (Wildman–Crippen LogP) is 3.60. The van der Waals surface area contributed by atoms with Crippen LogP contribution in [0.2, 0.25) is 0 Å². The molecule has 0 radical (unpaired) electrons. The van der Waals surface area contributed by atoms with Crippen molar-refractivity contribution in [1.29, 1.82) is 0 Å². The number of rotatable bonds is 6. The zero-order valence-electron chi connectivity index (χ0n) is 21.1. The molecule has 33 heavy (non-hydrogen) atoms. The van der Waals surface area contributed by atoms with E-state index in [1.54, 1.807) is 32.6 Å². The van der Waals surface area contributed by atoms with Crippen LogP contribution in [0.5, 0.6) is 0 Å². The van der Waals surface area contributed by atoms with Crippen LogP contribution in [0.4, 0.5) is 4.79 Å². The van der Waals surface area contributed by atoms with Crippen molar-refractivity contribution in [3.8, 4) is 0 Å². The first-order chi connectivity index (χ1) is 15.2. The average Bonchev–Trinajstić information content (AvgIpc) is 2.68. The molecular weight excluding hydrogens is 424 g/mol. The average molecular weight is 463 g/mol. The molecule has 0 unspecified atom stereocenters. The molecule has 8 heteroatoms. The minimum atomic E-state index is -0.996. The Balaban J connectivity index is 2.37. The lowest BCUT2D eigenvalue weighted by molar-refractivity contribution is -0.148. The number of carbonyl (C=O) groups is 3. The number of nitrogens with zero attached hydrogens (tertiary/aromatic N) is 1. The van der Waals surface area contributed by atoms with Gasteiger partial charge < -0.3 is 24.4 Å². The molecule has 2 amide bonds. The second-order valence-corrected chi connectivity index (χ2v) is 10.4. The lowest BCUT2D eigenvalue weighted by atomic mass is 9.91. The molecule has 184 valence electrons. The van der Waals surface area contributed by atoms with E-state index in [1.165, 1.54) is 7.11 Å². The first-order valence-corrected chi connectivity index (χ1v) is 11.3. The minimum Gasteiger partial charge on any atom is -0.469 e. The molecule has 0 aliphatic carbocycles. The van der Waals surface area contributed by atoms with Crippen molar-refractivity contribution in [2.24, 2.45) is 0 Å². The Hall–Kier alpha value is -2.61. The van der Waals surface area contributed by atoms with Crippen molar-refractivity contribution in [1.82, 2.24) is 10.2 Å². The first kappa shape index (κ1) is 26.6. The zero-order chi connectivity index (χ0) is 25.0. The number of carbonyl (C=O) groups excluding carboxylic acids is 3. The van der Waals surface area contributed by atoms with Gasteiger partial charge in [-0.3, -0.25) is 9.59 Å². The second kappa shape index (κ2) is 10.5. The van der Waals surface area contributed by atoms with Crippen molar-refractivity contribution < 1.29 is 28.6 Å². The standard InChI is InChI=1S/C25H38N2O6/c1-16(32-24(2,3)4)21(26-23(30)33-25(5,6)7)22(29)27-15-18-12-10-9-11-17(18)13-19(27)14-20(28)31-8/h9-12,16,19,21H,13-15H2,1-8H3,(H,26,30)/t16-,19-,21+/m1/s1. The third-order valence-electron chi connectivity index (χ3n) is 5.22. The van der Waals surface area contributed by atoms with Gasteiger partial charge in [0.1, 0.15) is 11.6 Å². The Morgan fingerprint density at radius 3 is 2.21 bits per heavy atom. The fourth-order valence-corrected chi connectivity index (χ4v) is 3.92. The number of methoxy groups -OCH3 is 1. The molecule has 0 saturated carbocycles. The number of benzene rings is 1. The van der Waals surface area contributed by atoms with Crippen molar-refractivity contribution in [2.45, 2.75) is 97.2 Å². The third-order valence-corrected chi connectivity index (χ3v) is 5.22. The highest BCUT2D eigenvalue weighted by Crippen LogP contribution is 2.27. The molecule has 0 saturated heterocycles. The summed E-state index contributed by atoms with van der Waals surface area (Å²) < 4.78 is 16.3. The van der Waals surface area contributed by atoms with Crippen LogP contribution in [0.3, 0.4) is 0 Å². The van der Waals surface area contributed by atoms with Crippen LogP contribution < -0.4 is 5.32 Å². The van der Waals surface area contributed by atoms with Crippen LogP contribution >= 0.6 is 0 Å². The maximum absolute atomic E-state index is 13.8. The fraction of sp³-hybridized carbons (Fsp3) is 0.640. The molecule has 0 spiro atoms. The lowest BCUT2D eigenvalue weighted by Gasteiger charge is -2.40. The van der Waals surface area contributed by atoms with Crippen molar-refractivity contribution in [3.63, 3.8) is 0 Å². The third kappa shape index (κ3) is 8.03. The molecule has 3 atom stereocenters. The SMILES string of the molecule is COC(=O)C[C@H]1Cc2ccccc2CN1C(=O)[C@@H](NC(=O)OC(C)(C)C)[C@@H](C)OC(C)(C)C. The predicted molar refractivity (Wildman–Crippen MR) is 125 cm³/mol. The number of fused-ring (bicyclic) bond motifs is 1. The molecule has 1 heterocycles. The van der Waals surface area contributed by atoms with Gasteiger partial charge in [0.05, 0.1) is 25.2 Å². The fourth-order valence-electron chi connectivity index (χ4n) is 3.92. The van der Waals surface area contributed by atoms with Gasteiger partial charge >= 0.3 is 12.1 Å². The van der Waals surface area contributed by atoms with Crippen LogP contribution in [-0.2, 0) is 36.8 Å². The van der Waals surface area contributed by atoms with E-state index in [4.69, 9.17) is 14.2 Å². The number of nitrogens with one attached hydrogen (secondary N) is 1. The molecule has 1 aromatic carbocycles. The van der Waals surface area contributed by atoms with E-state index in [9.17, 15) is 14.4 Å². The van der Waals surface area contributed by atoms with Gasteiger partial charge in [-0.05, 0) is 66.0 Å². The molecule has 1 aliphatic rings. The highest BCUT2D eigenvalue weighted by atomic mass is 16.6. The Labute approximate surface area is 196 Å². The second-order valence-electron chi connectivity index (χ2n) is 10.4. The highest BCUT2D eigenvalue weighted by molar-refractivity contribution is 5.87. The summed E-state index contributed by atoms with van der Waals surface area (Å²) in [7, 11) is 1.33. The Morgan fingerprint density at radius 2 is 1.67 bits per heavy atom. The lowest BCUT2D eigenvalue weighted by Crippen LogP contribution is -2.59. The van der Waals surface area contributed by atoms with Gasteiger partial charge in [0.15, 0.2) is 0 Å². The van der Waals surface area contributed by atoms with E-state index in [0.717, 1.165) is 11.1 Å². The summed E-state index contributed by atoms with van der Waals surface area (Å²) >= 11 is 0. The normalized spacial score (nSPS) is 18.1. The van der Waals surface area contributed by atoms with E-state index in [1.807, 2.05) is 45.0 Å². The number of ether oxygens (including phenoxy) is 3. The molecule has 0 fully saturated rings. The smallest absolute Gasteiger partial charge is 0.408 e. The van der Waals surface area contributed by atoms with Crippen LogP contribution in [0.1, 0.15) is 66.0 Å². The molecule has 0 bridgehead atoms. The van der Waals surface area contributed by atoms with Gasteiger partial charge in [-0.1, -0.05) is 24.3 Å². The summed E-state index contributed by atoms with van der Waals surface area (Å²) in [5.41, 5.74) is 0.843. The van der Waals surface area contributed by atoms with Crippen LogP contribution in [0.25, 0.3) is 0 Å². The van der Waals surface area contributed by atoms with Crippen molar-refractivity contribution in [3.05, 3.63) is 35.4 Å². The summed E-state index contributed by atoms with van der Waals surface area (Å²) in [6, 6.07) is 6.44. The Bertz CT molecular complexity index is 855. The van der Waals surface area contributed by atoms with Gasteiger partial charge in [-0.15, -0.1) is 0 Å². The molecule has 1 aliphatic heterocycles. The zero-order valence-corrected chi connectivity index (χ0v) is 21.1. The molecule has 2 rings (SSSR count). The quantitative estimate of drug-likeness (QED) is 0.649.